The molecular formula is C8H5F2NO2. The molecule has 5 heteroatoms. The fraction of sp³-hybridized carbons (Fsp3) is 0.125. The highest BCUT2D eigenvalue weighted by Crippen LogP contribution is 2.26. The van der Waals surface area contributed by atoms with Gasteiger partial charge in [0.2, 0.25) is 6.86 Å². The summed E-state index contributed by atoms with van der Waals surface area (Å²) < 4.78 is 28.9. The lowest BCUT2D eigenvalue weighted by Gasteiger charge is -2.04. The molecule has 1 aromatic rings. The third-order valence-corrected chi connectivity index (χ3v) is 1.36. The van der Waals surface area contributed by atoms with Crippen LogP contribution in [0.15, 0.2) is 12.1 Å². The van der Waals surface area contributed by atoms with E-state index in [1.54, 1.807) is 0 Å². The van der Waals surface area contributed by atoms with Gasteiger partial charge in [-0.15, -0.1) is 0 Å². The third kappa shape index (κ3) is 1.85. The average Bonchev–Trinajstić information content (AvgIpc) is 2.04. The Kier molecular flexibility index (Phi) is 2.65. The number of nitrogens with zero attached hydrogens (tertiary/aromatic N) is 1. The van der Waals surface area contributed by atoms with E-state index in [2.05, 4.69) is 4.74 Å². The molecule has 1 rings (SSSR count). The zero-order chi connectivity index (χ0) is 9.84. The van der Waals surface area contributed by atoms with E-state index in [0.717, 1.165) is 12.1 Å². The first-order valence-electron chi connectivity index (χ1n) is 3.30. The SMILES string of the molecule is N#Cc1c(F)cc(O)cc1OCF. The first-order valence-corrected chi connectivity index (χ1v) is 3.30. The van der Waals surface area contributed by atoms with Crippen molar-refractivity contribution < 1.29 is 18.6 Å². The number of rotatable bonds is 2. The Bertz CT molecular complexity index is 360. The van der Waals surface area contributed by atoms with E-state index in [9.17, 15) is 8.78 Å². The molecule has 0 aliphatic heterocycles. The molecule has 0 saturated heterocycles. The maximum Gasteiger partial charge on any atom is 0.228 e. The molecule has 0 bridgehead atoms. The quantitative estimate of drug-likeness (QED) is 0.762. The summed E-state index contributed by atoms with van der Waals surface area (Å²) in [6.45, 7) is -1.18. The number of hydrogen-bond donors (Lipinski definition) is 1. The molecule has 0 aromatic heterocycles. The molecule has 0 radical (unpaired) electrons. The molecule has 0 fully saturated rings. The Morgan fingerprint density at radius 1 is 1.54 bits per heavy atom. The average molecular weight is 185 g/mol. The number of alkyl halides is 1. The predicted molar refractivity (Wildman–Crippen MR) is 39.4 cm³/mol. The number of ether oxygens (including phenoxy) is 1. The smallest absolute Gasteiger partial charge is 0.228 e. The summed E-state index contributed by atoms with van der Waals surface area (Å²) in [6, 6.07) is 3.23. The molecule has 0 aliphatic carbocycles. The number of aromatic hydroxyl groups is 1. The van der Waals surface area contributed by atoms with Crippen LogP contribution in [-0.4, -0.2) is 12.0 Å². The summed E-state index contributed by atoms with van der Waals surface area (Å²) in [5.41, 5.74) is -0.421. The molecule has 3 nitrogen and oxygen atoms in total. The van der Waals surface area contributed by atoms with Gasteiger partial charge < -0.3 is 9.84 Å². The van der Waals surface area contributed by atoms with Crippen LogP contribution in [-0.2, 0) is 0 Å². The van der Waals surface area contributed by atoms with Crippen molar-refractivity contribution in [1.29, 1.82) is 5.26 Å². The van der Waals surface area contributed by atoms with Crippen LogP contribution in [0.4, 0.5) is 8.78 Å². The molecule has 0 heterocycles. The largest absolute Gasteiger partial charge is 0.508 e. The first-order chi connectivity index (χ1) is 6.19. The van der Waals surface area contributed by atoms with Crippen molar-refractivity contribution in [3.8, 4) is 17.6 Å². The standard InChI is InChI=1S/C8H5F2NO2/c9-4-13-8-2-5(12)1-7(10)6(8)3-11/h1-2,12H,4H2. The number of phenols is 1. The monoisotopic (exact) mass is 185 g/mol. The molecule has 13 heavy (non-hydrogen) atoms. The maximum atomic E-state index is 12.8. The van der Waals surface area contributed by atoms with Gasteiger partial charge in [0.05, 0.1) is 0 Å². The van der Waals surface area contributed by atoms with Gasteiger partial charge in [-0.25, -0.2) is 8.78 Å². The molecule has 0 unspecified atom stereocenters. The van der Waals surface area contributed by atoms with E-state index in [-0.39, 0.29) is 5.75 Å². The molecular weight excluding hydrogens is 180 g/mol. The summed E-state index contributed by atoms with van der Waals surface area (Å²) in [5, 5.41) is 17.3. The highest BCUT2D eigenvalue weighted by atomic mass is 19.1. The van der Waals surface area contributed by atoms with E-state index in [1.807, 2.05) is 0 Å². The fourth-order valence-corrected chi connectivity index (χ4v) is 0.849. The van der Waals surface area contributed by atoms with Crippen molar-refractivity contribution in [3.05, 3.63) is 23.5 Å². The lowest BCUT2D eigenvalue weighted by atomic mass is 10.2. The molecule has 68 valence electrons. The van der Waals surface area contributed by atoms with Crippen LogP contribution in [0, 0.1) is 17.1 Å². The number of benzene rings is 1. The van der Waals surface area contributed by atoms with Gasteiger partial charge in [-0.1, -0.05) is 0 Å². The van der Waals surface area contributed by atoms with Crippen LogP contribution in [0.2, 0.25) is 0 Å². The normalized spacial score (nSPS) is 9.31. The summed E-state index contributed by atoms with van der Waals surface area (Å²) in [6.07, 6.45) is 0. The Morgan fingerprint density at radius 3 is 2.77 bits per heavy atom. The topological polar surface area (TPSA) is 53.2 Å². The minimum Gasteiger partial charge on any atom is -0.508 e. The Balaban J connectivity index is 3.23. The molecule has 1 aromatic carbocycles. The van der Waals surface area contributed by atoms with Crippen LogP contribution in [0.1, 0.15) is 5.56 Å². The van der Waals surface area contributed by atoms with Gasteiger partial charge in [0.1, 0.15) is 28.9 Å². The van der Waals surface area contributed by atoms with Gasteiger partial charge in [0.25, 0.3) is 0 Å². The summed E-state index contributed by atoms with van der Waals surface area (Å²) in [7, 11) is 0. The Labute approximate surface area is 72.8 Å². The Hall–Kier alpha value is -1.83. The van der Waals surface area contributed by atoms with E-state index in [1.165, 1.54) is 6.07 Å². The molecule has 0 aliphatic rings. The fourth-order valence-electron chi connectivity index (χ4n) is 0.849. The zero-order valence-corrected chi connectivity index (χ0v) is 6.42. The van der Waals surface area contributed by atoms with Crippen molar-refractivity contribution in [2.75, 3.05) is 6.86 Å². The summed E-state index contributed by atoms with van der Waals surface area (Å²) in [4.78, 5) is 0. The van der Waals surface area contributed by atoms with Crippen LogP contribution in [0.3, 0.4) is 0 Å². The number of nitriles is 1. The van der Waals surface area contributed by atoms with Gasteiger partial charge in [-0.3, -0.25) is 0 Å². The van der Waals surface area contributed by atoms with Gasteiger partial charge in [-0.2, -0.15) is 5.26 Å². The van der Waals surface area contributed by atoms with Gasteiger partial charge in [-0.05, 0) is 0 Å². The zero-order valence-electron chi connectivity index (χ0n) is 6.42. The number of phenolic OH excluding ortho intramolecular Hbond substituents is 1. The van der Waals surface area contributed by atoms with Crippen molar-refractivity contribution >= 4 is 0 Å². The summed E-state index contributed by atoms with van der Waals surface area (Å²) >= 11 is 0. The van der Waals surface area contributed by atoms with E-state index < -0.39 is 24.0 Å². The molecule has 0 spiro atoms. The maximum absolute atomic E-state index is 12.8. The second-order valence-electron chi connectivity index (χ2n) is 2.17. The highest BCUT2D eigenvalue weighted by Gasteiger charge is 2.11. The Morgan fingerprint density at radius 2 is 2.23 bits per heavy atom. The molecule has 0 atom stereocenters. The molecule has 0 amide bonds. The highest BCUT2D eigenvalue weighted by molar-refractivity contribution is 5.48. The minimum absolute atomic E-state index is 0.303. The second kappa shape index (κ2) is 3.72. The number of halogens is 2. The lowest BCUT2D eigenvalue weighted by Crippen LogP contribution is -1.95. The van der Waals surface area contributed by atoms with E-state index in [4.69, 9.17) is 10.4 Å². The lowest BCUT2D eigenvalue weighted by molar-refractivity contribution is 0.190. The number of hydrogen-bond acceptors (Lipinski definition) is 3. The predicted octanol–water partition coefficient (Wildman–Crippen LogP) is 1.71. The van der Waals surface area contributed by atoms with Crippen LogP contribution < -0.4 is 4.74 Å². The van der Waals surface area contributed by atoms with Crippen molar-refractivity contribution in [1.82, 2.24) is 0 Å². The van der Waals surface area contributed by atoms with Crippen molar-refractivity contribution in [2.24, 2.45) is 0 Å². The second-order valence-corrected chi connectivity index (χ2v) is 2.17. The molecule has 1 N–H and O–H groups in total. The van der Waals surface area contributed by atoms with Gasteiger partial charge in [0.15, 0.2) is 0 Å². The van der Waals surface area contributed by atoms with Gasteiger partial charge >= 0.3 is 0 Å². The third-order valence-electron chi connectivity index (χ3n) is 1.36. The first kappa shape index (κ1) is 9.26. The van der Waals surface area contributed by atoms with Gasteiger partial charge in [0, 0.05) is 12.1 Å². The van der Waals surface area contributed by atoms with Crippen molar-refractivity contribution in [3.63, 3.8) is 0 Å². The van der Waals surface area contributed by atoms with Crippen LogP contribution >= 0.6 is 0 Å². The van der Waals surface area contributed by atoms with Crippen LogP contribution in [0.25, 0.3) is 0 Å². The molecule has 0 saturated carbocycles. The summed E-state index contributed by atoms with van der Waals surface area (Å²) in [5.74, 6) is -1.66. The van der Waals surface area contributed by atoms with Crippen LogP contribution in [0.5, 0.6) is 11.5 Å². The van der Waals surface area contributed by atoms with E-state index >= 15 is 0 Å². The minimum atomic E-state index is -1.18. The van der Waals surface area contributed by atoms with Crippen molar-refractivity contribution in [2.45, 2.75) is 0 Å². The van der Waals surface area contributed by atoms with E-state index in [0.29, 0.717) is 0 Å².